The highest BCUT2D eigenvalue weighted by Crippen LogP contribution is 2.16. The zero-order valence-corrected chi connectivity index (χ0v) is 9.87. The molecule has 1 aromatic rings. The SMILES string of the molecule is Cc1ccccc1[C@H](C)NC(=O)C(C)C. The lowest BCUT2D eigenvalue weighted by Gasteiger charge is -2.17. The number of rotatable bonds is 3. The minimum Gasteiger partial charge on any atom is -0.349 e. The van der Waals surface area contributed by atoms with Crippen LogP contribution in [0, 0.1) is 12.8 Å². The molecule has 0 aliphatic heterocycles. The molecule has 1 amide bonds. The van der Waals surface area contributed by atoms with Crippen LogP contribution in [0.3, 0.4) is 0 Å². The van der Waals surface area contributed by atoms with Crippen molar-refractivity contribution in [2.24, 2.45) is 5.92 Å². The number of benzene rings is 1. The highest BCUT2D eigenvalue weighted by Gasteiger charge is 2.13. The molecule has 0 radical (unpaired) electrons. The summed E-state index contributed by atoms with van der Waals surface area (Å²) in [6.45, 7) is 7.88. The zero-order chi connectivity index (χ0) is 11.4. The van der Waals surface area contributed by atoms with Crippen LogP contribution in [0.4, 0.5) is 0 Å². The Hall–Kier alpha value is -1.31. The van der Waals surface area contributed by atoms with Crippen LogP contribution in [0.15, 0.2) is 24.3 Å². The summed E-state index contributed by atoms with van der Waals surface area (Å²) in [5.41, 5.74) is 2.40. The fraction of sp³-hybridized carbons (Fsp3) is 0.462. The predicted octanol–water partition coefficient (Wildman–Crippen LogP) is 2.83. The van der Waals surface area contributed by atoms with Crippen molar-refractivity contribution in [3.05, 3.63) is 35.4 Å². The number of aryl methyl sites for hydroxylation is 1. The van der Waals surface area contributed by atoms with E-state index in [-0.39, 0.29) is 17.9 Å². The normalized spacial score (nSPS) is 12.6. The fourth-order valence-corrected chi connectivity index (χ4v) is 1.53. The molecule has 0 fully saturated rings. The summed E-state index contributed by atoms with van der Waals surface area (Å²) in [7, 11) is 0. The molecule has 1 N–H and O–H groups in total. The first-order valence-electron chi connectivity index (χ1n) is 5.38. The average Bonchev–Trinajstić information content (AvgIpc) is 2.18. The minimum absolute atomic E-state index is 0.0384. The van der Waals surface area contributed by atoms with E-state index in [2.05, 4.69) is 24.4 Å². The summed E-state index contributed by atoms with van der Waals surface area (Å²) in [5.74, 6) is 0.141. The van der Waals surface area contributed by atoms with E-state index in [0.29, 0.717) is 0 Å². The molecule has 0 saturated heterocycles. The van der Waals surface area contributed by atoms with Crippen LogP contribution >= 0.6 is 0 Å². The highest BCUT2D eigenvalue weighted by atomic mass is 16.1. The quantitative estimate of drug-likeness (QED) is 0.807. The van der Waals surface area contributed by atoms with Crippen molar-refractivity contribution in [1.82, 2.24) is 5.32 Å². The second kappa shape index (κ2) is 4.96. The molecule has 0 aromatic heterocycles. The Kier molecular flexibility index (Phi) is 3.89. The first-order valence-corrected chi connectivity index (χ1v) is 5.38. The van der Waals surface area contributed by atoms with Gasteiger partial charge in [0.25, 0.3) is 0 Å². The lowest BCUT2D eigenvalue weighted by molar-refractivity contribution is -0.124. The van der Waals surface area contributed by atoms with E-state index in [9.17, 15) is 4.79 Å². The molecular formula is C13H19NO. The van der Waals surface area contributed by atoms with Crippen LogP contribution in [-0.2, 0) is 4.79 Å². The van der Waals surface area contributed by atoms with E-state index >= 15 is 0 Å². The second-order valence-corrected chi connectivity index (χ2v) is 4.24. The Morgan fingerprint density at radius 1 is 1.20 bits per heavy atom. The number of amides is 1. The van der Waals surface area contributed by atoms with Gasteiger partial charge < -0.3 is 5.32 Å². The third-order valence-electron chi connectivity index (χ3n) is 2.54. The number of hydrogen-bond donors (Lipinski definition) is 1. The summed E-state index contributed by atoms with van der Waals surface area (Å²) in [6, 6.07) is 8.21. The first kappa shape index (κ1) is 11.8. The van der Waals surface area contributed by atoms with E-state index in [1.165, 1.54) is 11.1 Å². The van der Waals surface area contributed by atoms with Crippen molar-refractivity contribution < 1.29 is 4.79 Å². The van der Waals surface area contributed by atoms with Gasteiger partial charge in [0.2, 0.25) is 5.91 Å². The van der Waals surface area contributed by atoms with Crippen LogP contribution in [-0.4, -0.2) is 5.91 Å². The molecule has 0 saturated carbocycles. The Morgan fingerprint density at radius 2 is 1.80 bits per heavy atom. The number of nitrogens with one attached hydrogen (secondary N) is 1. The predicted molar refractivity (Wildman–Crippen MR) is 62.6 cm³/mol. The zero-order valence-electron chi connectivity index (χ0n) is 9.87. The largest absolute Gasteiger partial charge is 0.349 e. The number of hydrogen-bond acceptors (Lipinski definition) is 1. The Balaban J connectivity index is 2.73. The lowest BCUT2D eigenvalue weighted by atomic mass is 10.0. The van der Waals surface area contributed by atoms with Crippen molar-refractivity contribution in [3.63, 3.8) is 0 Å². The van der Waals surface area contributed by atoms with Crippen molar-refractivity contribution in [2.45, 2.75) is 33.7 Å². The second-order valence-electron chi connectivity index (χ2n) is 4.24. The van der Waals surface area contributed by atoms with Gasteiger partial charge in [-0.2, -0.15) is 0 Å². The number of carbonyl (C=O) groups is 1. The van der Waals surface area contributed by atoms with Gasteiger partial charge in [-0.25, -0.2) is 0 Å². The summed E-state index contributed by atoms with van der Waals surface area (Å²) < 4.78 is 0. The smallest absolute Gasteiger partial charge is 0.223 e. The molecule has 2 heteroatoms. The molecule has 0 aliphatic rings. The minimum atomic E-state index is 0.0384. The molecule has 0 unspecified atom stereocenters. The van der Waals surface area contributed by atoms with Gasteiger partial charge in [0.1, 0.15) is 0 Å². The Bertz CT molecular complexity index is 344. The van der Waals surface area contributed by atoms with Gasteiger partial charge in [0.15, 0.2) is 0 Å². The summed E-state index contributed by atoms with van der Waals surface area (Å²) in [5, 5.41) is 3.00. The average molecular weight is 205 g/mol. The summed E-state index contributed by atoms with van der Waals surface area (Å²) >= 11 is 0. The van der Waals surface area contributed by atoms with E-state index in [0.717, 1.165) is 0 Å². The molecule has 0 aliphatic carbocycles. The highest BCUT2D eigenvalue weighted by molar-refractivity contribution is 5.78. The summed E-state index contributed by atoms with van der Waals surface area (Å²) in [4.78, 5) is 11.5. The Morgan fingerprint density at radius 3 is 2.33 bits per heavy atom. The molecule has 2 nitrogen and oxygen atoms in total. The maximum Gasteiger partial charge on any atom is 0.223 e. The van der Waals surface area contributed by atoms with Gasteiger partial charge in [-0.3, -0.25) is 4.79 Å². The third-order valence-corrected chi connectivity index (χ3v) is 2.54. The van der Waals surface area contributed by atoms with Crippen molar-refractivity contribution in [3.8, 4) is 0 Å². The van der Waals surface area contributed by atoms with Gasteiger partial charge in [-0.15, -0.1) is 0 Å². The van der Waals surface area contributed by atoms with Crippen LogP contribution in [0.5, 0.6) is 0 Å². The van der Waals surface area contributed by atoms with E-state index in [4.69, 9.17) is 0 Å². The fourth-order valence-electron chi connectivity index (χ4n) is 1.53. The molecule has 1 aromatic carbocycles. The maximum atomic E-state index is 11.5. The lowest BCUT2D eigenvalue weighted by Crippen LogP contribution is -2.30. The van der Waals surface area contributed by atoms with Gasteiger partial charge >= 0.3 is 0 Å². The molecule has 1 rings (SSSR count). The maximum absolute atomic E-state index is 11.5. The molecule has 1 atom stereocenters. The Labute approximate surface area is 91.7 Å². The molecule has 0 heterocycles. The van der Waals surface area contributed by atoms with Gasteiger partial charge in [0, 0.05) is 5.92 Å². The van der Waals surface area contributed by atoms with Crippen molar-refractivity contribution in [1.29, 1.82) is 0 Å². The van der Waals surface area contributed by atoms with Crippen LogP contribution in [0.25, 0.3) is 0 Å². The van der Waals surface area contributed by atoms with Gasteiger partial charge in [-0.1, -0.05) is 38.1 Å². The van der Waals surface area contributed by atoms with Gasteiger partial charge in [-0.05, 0) is 25.0 Å². The standard InChI is InChI=1S/C13H19NO/c1-9(2)13(15)14-11(4)12-8-6-5-7-10(12)3/h5-9,11H,1-4H3,(H,14,15)/t11-/m0/s1. The third kappa shape index (κ3) is 3.08. The summed E-state index contributed by atoms with van der Waals surface area (Å²) in [6.07, 6.45) is 0. The van der Waals surface area contributed by atoms with Gasteiger partial charge in [0.05, 0.1) is 6.04 Å². The van der Waals surface area contributed by atoms with E-state index in [1.54, 1.807) is 0 Å². The van der Waals surface area contributed by atoms with Crippen LogP contribution < -0.4 is 5.32 Å². The molecular weight excluding hydrogens is 186 g/mol. The topological polar surface area (TPSA) is 29.1 Å². The monoisotopic (exact) mass is 205 g/mol. The van der Waals surface area contributed by atoms with Crippen molar-refractivity contribution in [2.75, 3.05) is 0 Å². The molecule has 82 valence electrons. The van der Waals surface area contributed by atoms with E-state index in [1.807, 2.05) is 32.9 Å². The first-order chi connectivity index (χ1) is 7.02. The molecule has 15 heavy (non-hydrogen) atoms. The number of carbonyl (C=O) groups excluding carboxylic acids is 1. The molecule has 0 spiro atoms. The van der Waals surface area contributed by atoms with Crippen LogP contribution in [0.2, 0.25) is 0 Å². The van der Waals surface area contributed by atoms with Crippen molar-refractivity contribution >= 4 is 5.91 Å². The molecule has 0 bridgehead atoms. The van der Waals surface area contributed by atoms with Crippen LogP contribution in [0.1, 0.15) is 37.9 Å². The van der Waals surface area contributed by atoms with E-state index < -0.39 is 0 Å².